The van der Waals surface area contributed by atoms with Gasteiger partial charge in [0, 0.05) is 23.9 Å². The van der Waals surface area contributed by atoms with Gasteiger partial charge in [-0.15, -0.1) is 0 Å². The Kier molecular flexibility index (Phi) is 5.44. The van der Waals surface area contributed by atoms with E-state index in [2.05, 4.69) is 43.4 Å². The zero-order valence-corrected chi connectivity index (χ0v) is 14.8. The maximum atomic E-state index is 12.3. The lowest BCUT2D eigenvalue weighted by Crippen LogP contribution is -2.30. The number of fused-ring (bicyclic) bond motifs is 1. The van der Waals surface area contributed by atoms with Gasteiger partial charge in [0.2, 0.25) is 5.91 Å². The number of carbonyl (C=O) groups is 1. The van der Waals surface area contributed by atoms with Crippen LogP contribution in [0.5, 0.6) is 0 Å². The molecule has 1 N–H and O–H groups in total. The average molecular weight is 332 g/mol. The van der Waals surface area contributed by atoms with Gasteiger partial charge in [0.05, 0.1) is 11.6 Å². The maximum Gasteiger partial charge on any atom is 0.220 e. The minimum absolute atomic E-state index is 0.0684. The van der Waals surface area contributed by atoms with Gasteiger partial charge >= 0.3 is 0 Å². The molecule has 0 radical (unpaired) electrons. The summed E-state index contributed by atoms with van der Waals surface area (Å²) in [4.78, 5) is 17.1. The molecule has 0 bridgehead atoms. The summed E-state index contributed by atoms with van der Waals surface area (Å²) in [7, 11) is 0. The molecule has 0 aliphatic rings. The van der Waals surface area contributed by atoms with Crippen LogP contribution in [0.1, 0.15) is 37.6 Å². The summed E-state index contributed by atoms with van der Waals surface area (Å²) >= 11 is 0. The zero-order valence-electron chi connectivity index (χ0n) is 14.8. The number of nitrogens with one attached hydrogen (secondary N) is 1. The van der Waals surface area contributed by atoms with Crippen molar-refractivity contribution >= 4 is 16.8 Å². The third-order valence-corrected chi connectivity index (χ3v) is 4.20. The molecule has 2 aromatic carbocycles. The lowest BCUT2D eigenvalue weighted by molar-refractivity contribution is -0.122. The Morgan fingerprint density at radius 1 is 0.960 bits per heavy atom. The van der Waals surface area contributed by atoms with Gasteiger partial charge in [0.25, 0.3) is 0 Å². The topological polar surface area (TPSA) is 42.0 Å². The first-order chi connectivity index (χ1) is 12.1. The summed E-state index contributed by atoms with van der Waals surface area (Å²) in [5, 5.41) is 4.31. The summed E-state index contributed by atoms with van der Waals surface area (Å²) in [6.07, 6.45) is 1.22. The van der Waals surface area contributed by atoms with Crippen LogP contribution in [-0.2, 0) is 11.2 Å². The van der Waals surface area contributed by atoms with Crippen molar-refractivity contribution in [3.8, 4) is 0 Å². The number of pyridine rings is 1. The van der Waals surface area contributed by atoms with Crippen molar-refractivity contribution in [3.63, 3.8) is 0 Å². The maximum absolute atomic E-state index is 12.3. The Balaban J connectivity index is 1.84. The molecule has 0 fully saturated rings. The van der Waals surface area contributed by atoms with Crippen LogP contribution in [0.3, 0.4) is 0 Å². The van der Waals surface area contributed by atoms with Crippen molar-refractivity contribution < 1.29 is 4.79 Å². The normalized spacial score (nSPS) is 12.3. The lowest BCUT2D eigenvalue weighted by Gasteiger charge is -2.20. The minimum Gasteiger partial charge on any atom is -0.349 e. The van der Waals surface area contributed by atoms with E-state index < -0.39 is 0 Å². The highest BCUT2D eigenvalue weighted by Crippen LogP contribution is 2.20. The largest absolute Gasteiger partial charge is 0.349 e. The van der Waals surface area contributed by atoms with Crippen LogP contribution in [-0.4, -0.2) is 10.9 Å². The van der Waals surface area contributed by atoms with E-state index in [0.717, 1.165) is 22.2 Å². The first kappa shape index (κ1) is 17.2. The number of nitrogens with zero attached hydrogens (tertiary/aromatic N) is 1. The number of hydrogen-bond donors (Lipinski definition) is 1. The molecular weight excluding hydrogens is 308 g/mol. The number of amides is 1. The zero-order chi connectivity index (χ0) is 17.6. The van der Waals surface area contributed by atoms with E-state index in [-0.39, 0.29) is 11.9 Å². The molecule has 1 heterocycles. The van der Waals surface area contributed by atoms with Gasteiger partial charge in [-0.2, -0.15) is 0 Å². The second-order valence-corrected chi connectivity index (χ2v) is 6.83. The Hall–Kier alpha value is -2.68. The predicted octanol–water partition coefficient (Wildman–Crippen LogP) is 4.68. The molecule has 3 aromatic rings. The second-order valence-electron chi connectivity index (χ2n) is 6.83. The predicted molar refractivity (Wildman–Crippen MR) is 102 cm³/mol. The molecule has 0 aliphatic carbocycles. The van der Waals surface area contributed by atoms with Crippen molar-refractivity contribution in [1.29, 1.82) is 0 Å². The monoisotopic (exact) mass is 332 g/mol. The molecular formula is C22H24N2O. The molecule has 0 saturated carbocycles. The molecule has 0 aliphatic heterocycles. The molecule has 25 heavy (non-hydrogen) atoms. The summed E-state index contributed by atoms with van der Waals surface area (Å²) < 4.78 is 0. The second kappa shape index (κ2) is 7.93. The van der Waals surface area contributed by atoms with E-state index in [0.29, 0.717) is 18.8 Å². The number of hydrogen-bond acceptors (Lipinski definition) is 2. The SMILES string of the molecule is CC(C)CC(=O)N[C@H](Cc1ccc2ccccc2n1)c1ccccc1. The minimum atomic E-state index is -0.0684. The van der Waals surface area contributed by atoms with Crippen LogP contribution in [0, 0.1) is 5.92 Å². The highest BCUT2D eigenvalue weighted by molar-refractivity contribution is 5.78. The van der Waals surface area contributed by atoms with Gasteiger partial charge in [-0.25, -0.2) is 0 Å². The number of aromatic nitrogens is 1. The number of para-hydroxylation sites is 1. The molecule has 128 valence electrons. The standard InChI is InChI=1S/C22H24N2O/c1-16(2)14-22(25)24-21(17-8-4-3-5-9-17)15-19-13-12-18-10-6-7-11-20(18)23-19/h3-13,16,21H,14-15H2,1-2H3,(H,24,25)/t21-/m1/s1. The Morgan fingerprint density at radius 2 is 1.68 bits per heavy atom. The van der Waals surface area contributed by atoms with E-state index >= 15 is 0 Å². The van der Waals surface area contributed by atoms with Gasteiger partial charge in [0.1, 0.15) is 0 Å². The molecule has 1 amide bonds. The summed E-state index contributed by atoms with van der Waals surface area (Å²) in [5.41, 5.74) is 3.08. The quantitative estimate of drug-likeness (QED) is 0.712. The fourth-order valence-corrected chi connectivity index (χ4v) is 2.99. The van der Waals surface area contributed by atoms with Crippen molar-refractivity contribution in [3.05, 3.63) is 78.0 Å². The van der Waals surface area contributed by atoms with Crippen molar-refractivity contribution in [2.75, 3.05) is 0 Å². The summed E-state index contributed by atoms with van der Waals surface area (Å²) in [6, 6.07) is 22.3. The smallest absolute Gasteiger partial charge is 0.220 e. The van der Waals surface area contributed by atoms with Crippen molar-refractivity contribution in [2.24, 2.45) is 5.92 Å². The average Bonchev–Trinajstić information content (AvgIpc) is 2.61. The van der Waals surface area contributed by atoms with Gasteiger partial charge < -0.3 is 5.32 Å². The first-order valence-electron chi connectivity index (χ1n) is 8.81. The molecule has 0 spiro atoms. The third kappa shape index (κ3) is 4.66. The first-order valence-corrected chi connectivity index (χ1v) is 8.81. The highest BCUT2D eigenvalue weighted by Gasteiger charge is 2.16. The van der Waals surface area contributed by atoms with Crippen LogP contribution in [0.25, 0.3) is 10.9 Å². The van der Waals surface area contributed by atoms with Crippen LogP contribution >= 0.6 is 0 Å². The Morgan fingerprint density at radius 3 is 2.44 bits per heavy atom. The highest BCUT2D eigenvalue weighted by atomic mass is 16.1. The molecule has 0 saturated heterocycles. The Labute approximate surface area is 149 Å². The van der Waals surface area contributed by atoms with E-state index in [1.807, 2.05) is 42.5 Å². The van der Waals surface area contributed by atoms with E-state index in [1.165, 1.54) is 0 Å². The fourth-order valence-electron chi connectivity index (χ4n) is 2.99. The number of benzene rings is 2. The molecule has 3 nitrogen and oxygen atoms in total. The molecule has 0 unspecified atom stereocenters. The number of rotatable bonds is 6. The molecule has 3 heteroatoms. The Bertz CT molecular complexity index is 843. The van der Waals surface area contributed by atoms with Crippen LogP contribution < -0.4 is 5.32 Å². The van der Waals surface area contributed by atoms with Gasteiger partial charge in [-0.1, -0.05) is 68.4 Å². The van der Waals surface area contributed by atoms with Crippen molar-refractivity contribution in [1.82, 2.24) is 10.3 Å². The number of carbonyl (C=O) groups excluding carboxylic acids is 1. The van der Waals surface area contributed by atoms with E-state index in [1.54, 1.807) is 0 Å². The van der Waals surface area contributed by atoms with E-state index in [4.69, 9.17) is 4.98 Å². The van der Waals surface area contributed by atoms with Crippen molar-refractivity contribution in [2.45, 2.75) is 32.7 Å². The van der Waals surface area contributed by atoms with E-state index in [9.17, 15) is 4.79 Å². The summed E-state index contributed by atoms with van der Waals surface area (Å²) in [6.45, 7) is 4.12. The van der Waals surface area contributed by atoms with Gasteiger partial charge in [0.15, 0.2) is 0 Å². The lowest BCUT2D eigenvalue weighted by atomic mass is 10.00. The molecule has 1 aromatic heterocycles. The van der Waals surface area contributed by atoms with Gasteiger partial charge in [-0.3, -0.25) is 9.78 Å². The molecule has 1 atom stereocenters. The third-order valence-electron chi connectivity index (χ3n) is 4.20. The fraction of sp³-hybridized carbons (Fsp3) is 0.273. The van der Waals surface area contributed by atoms with Crippen LogP contribution in [0.4, 0.5) is 0 Å². The van der Waals surface area contributed by atoms with Crippen LogP contribution in [0.2, 0.25) is 0 Å². The van der Waals surface area contributed by atoms with Gasteiger partial charge in [-0.05, 0) is 23.6 Å². The molecule has 3 rings (SSSR count). The van der Waals surface area contributed by atoms with Crippen LogP contribution in [0.15, 0.2) is 66.7 Å². The summed E-state index contributed by atoms with van der Waals surface area (Å²) in [5.74, 6) is 0.430.